The van der Waals surface area contributed by atoms with Crippen molar-refractivity contribution in [1.29, 1.82) is 0 Å². The van der Waals surface area contributed by atoms with E-state index in [1.165, 1.54) is 0 Å². The van der Waals surface area contributed by atoms with Crippen molar-refractivity contribution in [1.82, 2.24) is 20.2 Å². The normalized spacial score (nSPS) is 11.8. The number of halogens is 1. The molecule has 1 aromatic heterocycles. The van der Waals surface area contributed by atoms with E-state index in [1.54, 1.807) is 26.1 Å². The van der Waals surface area contributed by atoms with Crippen LogP contribution in [0.1, 0.15) is 17.3 Å². The van der Waals surface area contributed by atoms with Gasteiger partial charge in [-0.3, -0.25) is 0 Å². The molecule has 1 heterocycles. The van der Waals surface area contributed by atoms with Gasteiger partial charge in [-0.05, 0) is 47.6 Å². The van der Waals surface area contributed by atoms with E-state index < -0.39 is 10.0 Å². The molecule has 0 amide bonds. The highest BCUT2D eigenvalue weighted by atomic mass is 79.9. The van der Waals surface area contributed by atoms with Crippen molar-refractivity contribution in [2.75, 3.05) is 7.05 Å². The van der Waals surface area contributed by atoms with E-state index in [0.29, 0.717) is 16.8 Å². The molecule has 0 aliphatic carbocycles. The summed E-state index contributed by atoms with van der Waals surface area (Å²) < 4.78 is 32.5. The molecule has 0 saturated heterocycles. The minimum absolute atomic E-state index is 0.0497. The van der Waals surface area contributed by atoms with Crippen LogP contribution in [0.4, 0.5) is 0 Å². The van der Waals surface area contributed by atoms with E-state index in [0.717, 1.165) is 5.56 Å². The van der Waals surface area contributed by atoms with Gasteiger partial charge in [0.2, 0.25) is 15.9 Å². The minimum Gasteiger partial charge on any atom is -0.338 e. The number of aromatic nitrogens is 2. The number of aryl methyl sites for hydroxylation is 1. The van der Waals surface area contributed by atoms with Crippen molar-refractivity contribution >= 4 is 26.0 Å². The van der Waals surface area contributed by atoms with Gasteiger partial charge in [0.1, 0.15) is 0 Å². The molecule has 0 radical (unpaired) electrons. The Hall–Kier alpha value is -1.29. The van der Waals surface area contributed by atoms with Crippen LogP contribution in [0.3, 0.4) is 0 Å². The van der Waals surface area contributed by atoms with Crippen molar-refractivity contribution in [3.05, 3.63) is 40.0 Å². The van der Waals surface area contributed by atoms with Gasteiger partial charge in [0.05, 0.1) is 11.4 Å². The summed E-state index contributed by atoms with van der Waals surface area (Å²) in [6.07, 6.45) is 0. The molecule has 0 aliphatic heterocycles. The number of benzene rings is 1. The fourth-order valence-corrected chi connectivity index (χ4v) is 3.70. The van der Waals surface area contributed by atoms with Gasteiger partial charge in [-0.1, -0.05) is 11.2 Å². The smallest absolute Gasteiger partial charge is 0.242 e. The van der Waals surface area contributed by atoms with Crippen molar-refractivity contribution in [2.24, 2.45) is 0 Å². The second kappa shape index (κ2) is 6.65. The minimum atomic E-state index is -3.67. The first kappa shape index (κ1) is 16.1. The number of nitrogens with one attached hydrogen (secondary N) is 2. The van der Waals surface area contributed by atoms with Crippen LogP contribution in [0.15, 0.2) is 32.1 Å². The number of hydrogen-bond acceptors (Lipinski definition) is 6. The fourth-order valence-electron chi connectivity index (χ4n) is 1.71. The highest BCUT2D eigenvalue weighted by Gasteiger charge is 2.19. The largest absolute Gasteiger partial charge is 0.338 e. The predicted octanol–water partition coefficient (Wildman–Crippen LogP) is 1.34. The SMILES string of the molecule is CNCc1ccc(Br)c(S(=O)(=O)NCc2nc(C)no2)c1. The van der Waals surface area contributed by atoms with Crippen LogP contribution in [-0.2, 0) is 23.1 Å². The molecular weight excluding hydrogens is 360 g/mol. The zero-order valence-corrected chi connectivity index (χ0v) is 14.0. The average molecular weight is 375 g/mol. The van der Waals surface area contributed by atoms with Crippen molar-refractivity contribution in [3.8, 4) is 0 Å². The summed E-state index contributed by atoms with van der Waals surface area (Å²) in [6, 6.07) is 5.17. The molecule has 2 N–H and O–H groups in total. The number of nitrogens with zero attached hydrogens (tertiary/aromatic N) is 2. The molecule has 0 atom stereocenters. The first-order valence-corrected chi connectivity index (χ1v) is 8.42. The molecule has 2 aromatic rings. The number of hydrogen-bond donors (Lipinski definition) is 2. The maximum absolute atomic E-state index is 12.3. The van der Waals surface area contributed by atoms with E-state index in [4.69, 9.17) is 4.52 Å². The lowest BCUT2D eigenvalue weighted by Crippen LogP contribution is -2.24. The van der Waals surface area contributed by atoms with E-state index in [2.05, 4.69) is 36.1 Å². The Kier molecular flexibility index (Phi) is 5.09. The monoisotopic (exact) mass is 374 g/mol. The molecular formula is C12H15BrN4O3S. The van der Waals surface area contributed by atoms with E-state index in [9.17, 15) is 8.42 Å². The standard InChI is InChI=1S/C12H15BrN4O3S/c1-8-16-12(20-17-8)7-15-21(18,19)11-5-9(6-14-2)3-4-10(11)13/h3-5,14-15H,6-7H2,1-2H3. The van der Waals surface area contributed by atoms with Gasteiger partial charge in [-0.15, -0.1) is 0 Å². The molecule has 0 unspecified atom stereocenters. The van der Waals surface area contributed by atoms with Crippen LogP contribution in [0.5, 0.6) is 0 Å². The summed E-state index contributed by atoms with van der Waals surface area (Å²) in [5.41, 5.74) is 0.870. The number of rotatable bonds is 6. The summed E-state index contributed by atoms with van der Waals surface area (Å²) in [4.78, 5) is 4.12. The van der Waals surface area contributed by atoms with Gasteiger partial charge in [-0.2, -0.15) is 4.98 Å². The first-order valence-electron chi connectivity index (χ1n) is 6.14. The molecule has 0 saturated carbocycles. The first-order chi connectivity index (χ1) is 9.92. The van der Waals surface area contributed by atoms with E-state index in [-0.39, 0.29) is 17.3 Å². The Morgan fingerprint density at radius 3 is 2.71 bits per heavy atom. The Morgan fingerprint density at radius 2 is 2.10 bits per heavy atom. The lowest BCUT2D eigenvalue weighted by molar-refractivity contribution is 0.372. The summed E-state index contributed by atoms with van der Waals surface area (Å²) in [5.74, 6) is 0.681. The maximum atomic E-state index is 12.3. The third-order valence-electron chi connectivity index (χ3n) is 2.65. The van der Waals surface area contributed by atoms with Crippen LogP contribution in [-0.4, -0.2) is 25.6 Å². The maximum Gasteiger partial charge on any atom is 0.242 e. The van der Waals surface area contributed by atoms with Crippen molar-refractivity contribution < 1.29 is 12.9 Å². The summed E-state index contributed by atoms with van der Waals surface area (Å²) in [6.45, 7) is 2.20. The van der Waals surface area contributed by atoms with Gasteiger partial charge in [-0.25, -0.2) is 13.1 Å². The van der Waals surface area contributed by atoms with Crippen molar-refractivity contribution in [2.45, 2.75) is 24.9 Å². The third-order valence-corrected chi connectivity index (χ3v) is 5.04. The fraction of sp³-hybridized carbons (Fsp3) is 0.333. The third kappa shape index (κ3) is 4.10. The molecule has 0 aliphatic rings. The lowest BCUT2D eigenvalue weighted by Gasteiger charge is -2.09. The molecule has 1 aromatic carbocycles. The Bertz CT molecular complexity index is 730. The molecule has 9 heteroatoms. The quantitative estimate of drug-likeness (QED) is 0.791. The Balaban J connectivity index is 2.20. The Labute approximate surface area is 131 Å². The van der Waals surface area contributed by atoms with E-state index in [1.807, 2.05) is 6.07 Å². The van der Waals surface area contributed by atoms with Crippen LogP contribution < -0.4 is 10.0 Å². The van der Waals surface area contributed by atoms with Gasteiger partial charge in [0, 0.05) is 11.0 Å². The van der Waals surface area contributed by atoms with Crippen LogP contribution in [0.2, 0.25) is 0 Å². The zero-order chi connectivity index (χ0) is 15.5. The molecule has 0 bridgehead atoms. The van der Waals surface area contributed by atoms with E-state index >= 15 is 0 Å². The second-order valence-corrected chi connectivity index (χ2v) is 6.94. The van der Waals surface area contributed by atoms with Crippen LogP contribution in [0.25, 0.3) is 0 Å². The Morgan fingerprint density at radius 1 is 1.33 bits per heavy atom. The molecule has 0 fully saturated rings. The lowest BCUT2D eigenvalue weighted by atomic mass is 10.2. The van der Waals surface area contributed by atoms with Crippen LogP contribution >= 0.6 is 15.9 Å². The van der Waals surface area contributed by atoms with Gasteiger partial charge in [0.15, 0.2) is 5.82 Å². The molecule has 0 spiro atoms. The molecule has 7 nitrogen and oxygen atoms in total. The highest BCUT2D eigenvalue weighted by Crippen LogP contribution is 2.23. The van der Waals surface area contributed by atoms with Crippen LogP contribution in [0, 0.1) is 6.92 Å². The number of sulfonamides is 1. The molecule has 114 valence electrons. The zero-order valence-electron chi connectivity index (χ0n) is 11.6. The predicted molar refractivity (Wildman–Crippen MR) is 80.0 cm³/mol. The highest BCUT2D eigenvalue weighted by molar-refractivity contribution is 9.10. The van der Waals surface area contributed by atoms with Gasteiger partial charge in [0.25, 0.3) is 0 Å². The molecule has 2 rings (SSSR count). The average Bonchev–Trinajstić information content (AvgIpc) is 2.85. The summed E-state index contributed by atoms with van der Waals surface area (Å²) >= 11 is 3.26. The second-order valence-electron chi connectivity index (χ2n) is 4.35. The summed E-state index contributed by atoms with van der Waals surface area (Å²) in [7, 11) is -1.88. The van der Waals surface area contributed by atoms with Gasteiger partial charge < -0.3 is 9.84 Å². The summed E-state index contributed by atoms with van der Waals surface area (Å²) in [5, 5.41) is 6.59. The van der Waals surface area contributed by atoms with Gasteiger partial charge >= 0.3 is 0 Å². The molecule has 21 heavy (non-hydrogen) atoms. The topological polar surface area (TPSA) is 97.1 Å². The van der Waals surface area contributed by atoms with Crippen molar-refractivity contribution in [3.63, 3.8) is 0 Å².